The molecule has 6 nitrogen and oxygen atoms in total. The van der Waals surface area contributed by atoms with Crippen molar-refractivity contribution in [1.29, 1.82) is 0 Å². The molecule has 0 aromatic carbocycles. The van der Waals surface area contributed by atoms with Gasteiger partial charge in [0.2, 0.25) is 20.0 Å². The molecule has 1 saturated heterocycles. The summed E-state index contributed by atoms with van der Waals surface area (Å²) in [5.74, 6) is -0.257. The average molecular weight is 268 g/mol. The van der Waals surface area contributed by atoms with Gasteiger partial charge in [0, 0.05) is 19.6 Å². The molecule has 0 spiro atoms. The van der Waals surface area contributed by atoms with E-state index in [1.54, 1.807) is 0 Å². The standard InChI is InChI=1S/C8H16N2O4S2/c1-3-15(11,12)9-4-5-16(13,14)10-6-8(2)7-10/h9H,2-7H2,1H3. The maximum Gasteiger partial charge on any atom is 0.215 e. The predicted octanol–water partition coefficient (Wildman–Crippen LogP) is -0.873. The largest absolute Gasteiger partial charge is 0.215 e. The lowest BCUT2D eigenvalue weighted by Gasteiger charge is -2.32. The Morgan fingerprint density at radius 2 is 1.88 bits per heavy atom. The van der Waals surface area contributed by atoms with Crippen LogP contribution in [0, 0.1) is 0 Å². The summed E-state index contributed by atoms with van der Waals surface area (Å²) in [6.45, 7) is 5.75. The Labute approximate surface area is 96.4 Å². The monoisotopic (exact) mass is 268 g/mol. The van der Waals surface area contributed by atoms with Gasteiger partial charge in [0.15, 0.2) is 0 Å². The first-order chi connectivity index (χ1) is 7.27. The summed E-state index contributed by atoms with van der Waals surface area (Å²) < 4.78 is 48.8. The van der Waals surface area contributed by atoms with Gasteiger partial charge in [0.25, 0.3) is 0 Å². The van der Waals surface area contributed by atoms with Crippen LogP contribution in [0.25, 0.3) is 0 Å². The van der Waals surface area contributed by atoms with Gasteiger partial charge in [-0.1, -0.05) is 6.58 Å². The Balaban J connectivity index is 2.41. The topological polar surface area (TPSA) is 83.6 Å². The Kier molecular flexibility index (Phi) is 4.11. The van der Waals surface area contributed by atoms with Crippen LogP contribution in [0.4, 0.5) is 0 Å². The van der Waals surface area contributed by atoms with E-state index in [1.807, 2.05) is 0 Å². The molecule has 0 aromatic heterocycles. The van der Waals surface area contributed by atoms with Crippen LogP contribution >= 0.6 is 0 Å². The van der Waals surface area contributed by atoms with Crippen LogP contribution in [0.15, 0.2) is 12.2 Å². The molecule has 0 aliphatic carbocycles. The average Bonchev–Trinajstić information content (AvgIpc) is 2.12. The lowest BCUT2D eigenvalue weighted by atomic mass is 10.2. The summed E-state index contributed by atoms with van der Waals surface area (Å²) in [6.07, 6.45) is 0. The van der Waals surface area contributed by atoms with E-state index >= 15 is 0 Å². The van der Waals surface area contributed by atoms with Gasteiger partial charge >= 0.3 is 0 Å². The summed E-state index contributed by atoms with van der Waals surface area (Å²) in [7, 11) is -6.66. The van der Waals surface area contributed by atoms with Crippen molar-refractivity contribution in [2.24, 2.45) is 0 Å². The molecule has 1 aliphatic heterocycles. The lowest BCUT2D eigenvalue weighted by Crippen LogP contribution is -2.46. The minimum atomic E-state index is -3.34. The molecule has 1 rings (SSSR count). The van der Waals surface area contributed by atoms with Gasteiger partial charge in [-0.2, -0.15) is 4.31 Å². The zero-order valence-electron chi connectivity index (χ0n) is 9.14. The molecule has 0 bridgehead atoms. The molecule has 0 radical (unpaired) electrons. The van der Waals surface area contributed by atoms with E-state index in [9.17, 15) is 16.8 Å². The van der Waals surface area contributed by atoms with Crippen molar-refractivity contribution in [3.05, 3.63) is 12.2 Å². The molecule has 1 aliphatic rings. The minimum Gasteiger partial charge on any atom is -0.214 e. The first-order valence-corrected chi connectivity index (χ1v) is 8.15. The number of sulfonamides is 2. The van der Waals surface area contributed by atoms with Crippen LogP contribution in [0.2, 0.25) is 0 Å². The number of nitrogens with one attached hydrogen (secondary N) is 1. The van der Waals surface area contributed by atoms with E-state index < -0.39 is 20.0 Å². The third-order valence-electron chi connectivity index (χ3n) is 2.26. The summed E-state index contributed by atoms with van der Waals surface area (Å²) in [5, 5.41) is 0. The van der Waals surface area contributed by atoms with E-state index in [2.05, 4.69) is 11.3 Å². The summed E-state index contributed by atoms with van der Waals surface area (Å²) >= 11 is 0. The molecule has 1 heterocycles. The van der Waals surface area contributed by atoms with Gasteiger partial charge in [-0.25, -0.2) is 21.6 Å². The molecule has 94 valence electrons. The van der Waals surface area contributed by atoms with Crippen molar-refractivity contribution in [2.45, 2.75) is 6.92 Å². The summed E-state index contributed by atoms with van der Waals surface area (Å²) in [6, 6.07) is 0. The van der Waals surface area contributed by atoms with E-state index in [0.717, 1.165) is 5.57 Å². The molecular formula is C8H16N2O4S2. The van der Waals surface area contributed by atoms with E-state index in [4.69, 9.17) is 0 Å². The summed E-state index contributed by atoms with van der Waals surface area (Å²) in [4.78, 5) is 0. The quantitative estimate of drug-likeness (QED) is 0.635. The Hall–Kier alpha value is -0.440. The first kappa shape index (κ1) is 13.6. The maximum absolute atomic E-state index is 11.6. The normalized spacial score (nSPS) is 18.4. The predicted molar refractivity (Wildman–Crippen MR) is 62.0 cm³/mol. The molecule has 16 heavy (non-hydrogen) atoms. The number of hydrogen-bond donors (Lipinski definition) is 1. The van der Waals surface area contributed by atoms with Crippen molar-refractivity contribution < 1.29 is 16.8 Å². The number of hydrogen-bond acceptors (Lipinski definition) is 4. The van der Waals surface area contributed by atoms with E-state index in [1.165, 1.54) is 11.2 Å². The highest BCUT2D eigenvalue weighted by atomic mass is 32.2. The molecule has 1 N–H and O–H groups in total. The Morgan fingerprint density at radius 3 is 2.31 bits per heavy atom. The van der Waals surface area contributed by atoms with Gasteiger partial charge in [-0.05, 0) is 12.5 Å². The first-order valence-electron chi connectivity index (χ1n) is 4.88. The third kappa shape index (κ3) is 3.55. The fraction of sp³-hybridized carbons (Fsp3) is 0.750. The SMILES string of the molecule is C=C1CN(S(=O)(=O)CCNS(=O)(=O)CC)C1. The molecule has 1 fully saturated rings. The van der Waals surface area contributed by atoms with Gasteiger partial charge < -0.3 is 0 Å². The van der Waals surface area contributed by atoms with E-state index in [-0.39, 0.29) is 18.1 Å². The third-order valence-corrected chi connectivity index (χ3v) is 5.42. The second kappa shape index (κ2) is 4.82. The van der Waals surface area contributed by atoms with Gasteiger partial charge in [0.1, 0.15) is 0 Å². The second-order valence-corrected chi connectivity index (χ2v) is 7.82. The van der Waals surface area contributed by atoms with Gasteiger partial charge in [-0.3, -0.25) is 0 Å². The van der Waals surface area contributed by atoms with Crippen molar-refractivity contribution in [3.63, 3.8) is 0 Å². The highest BCUT2D eigenvalue weighted by Crippen LogP contribution is 2.16. The maximum atomic E-state index is 11.6. The van der Waals surface area contributed by atoms with Crippen LogP contribution in [0.5, 0.6) is 0 Å². The lowest BCUT2D eigenvalue weighted by molar-refractivity contribution is 0.393. The molecule has 0 aromatic rings. The Morgan fingerprint density at radius 1 is 1.31 bits per heavy atom. The zero-order valence-corrected chi connectivity index (χ0v) is 10.8. The van der Waals surface area contributed by atoms with Crippen LogP contribution in [0.1, 0.15) is 6.92 Å². The van der Waals surface area contributed by atoms with Crippen molar-refractivity contribution in [3.8, 4) is 0 Å². The number of rotatable bonds is 6. The molecule has 8 heteroatoms. The number of nitrogens with zero attached hydrogens (tertiary/aromatic N) is 1. The zero-order chi connectivity index (χ0) is 12.4. The van der Waals surface area contributed by atoms with Crippen LogP contribution in [-0.2, 0) is 20.0 Å². The fourth-order valence-electron chi connectivity index (χ4n) is 1.21. The van der Waals surface area contributed by atoms with Crippen LogP contribution in [0.3, 0.4) is 0 Å². The second-order valence-electron chi connectivity index (χ2n) is 3.63. The van der Waals surface area contributed by atoms with Gasteiger partial charge in [-0.15, -0.1) is 0 Å². The molecule has 0 saturated carbocycles. The van der Waals surface area contributed by atoms with Crippen molar-refractivity contribution >= 4 is 20.0 Å². The van der Waals surface area contributed by atoms with Crippen molar-refractivity contribution in [1.82, 2.24) is 9.03 Å². The fourth-order valence-corrected chi connectivity index (χ4v) is 3.33. The molecule has 0 atom stereocenters. The summed E-state index contributed by atoms with van der Waals surface area (Å²) in [5.41, 5.74) is 0.873. The molecule has 0 amide bonds. The highest BCUT2D eigenvalue weighted by molar-refractivity contribution is 7.90. The molecular weight excluding hydrogens is 252 g/mol. The van der Waals surface area contributed by atoms with Gasteiger partial charge in [0.05, 0.1) is 11.5 Å². The Bertz CT molecular complexity index is 458. The highest BCUT2D eigenvalue weighted by Gasteiger charge is 2.29. The van der Waals surface area contributed by atoms with E-state index in [0.29, 0.717) is 13.1 Å². The van der Waals surface area contributed by atoms with Crippen LogP contribution in [-0.4, -0.2) is 52.3 Å². The smallest absolute Gasteiger partial charge is 0.214 e. The van der Waals surface area contributed by atoms with Crippen molar-refractivity contribution in [2.75, 3.05) is 31.1 Å². The molecule has 0 unspecified atom stereocenters. The minimum absolute atomic E-state index is 0.0480. The van der Waals surface area contributed by atoms with Crippen LogP contribution < -0.4 is 4.72 Å².